The third-order valence-corrected chi connectivity index (χ3v) is 16.5. The van der Waals surface area contributed by atoms with Crippen LogP contribution in [0.5, 0.6) is 0 Å². The largest absolute Gasteiger partial charge is 0.311 e. The molecule has 0 saturated heterocycles. The summed E-state index contributed by atoms with van der Waals surface area (Å²) in [7, 11) is 0. The van der Waals surface area contributed by atoms with Crippen molar-refractivity contribution in [2.45, 2.75) is 130 Å². The molecule has 62 heavy (non-hydrogen) atoms. The maximum atomic E-state index is 2.71. The topological polar surface area (TPSA) is 6.48 Å². The summed E-state index contributed by atoms with van der Waals surface area (Å²) in [6.07, 6.45) is 2.26. The quantitative estimate of drug-likeness (QED) is 0.152. The third kappa shape index (κ3) is 5.67. The molecule has 0 saturated carbocycles. The van der Waals surface area contributed by atoms with Crippen molar-refractivity contribution < 1.29 is 0 Å². The molecular formula is C58H61BN2S. The van der Waals surface area contributed by atoms with E-state index in [-0.39, 0.29) is 33.8 Å². The van der Waals surface area contributed by atoms with E-state index in [1.165, 1.54) is 110 Å². The fourth-order valence-electron chi connectivity index (χ4n) is 11.3. The zero-order chi connectivity index (χ0) is 43.6. The number of aryl methyl sites for hydroxylation is 1. The number of hydrogen-bond acceptors (Lipinski definition) is 3. The van der Waals surface area contributed by atoms with Gasteiger partial charge in [0.25, 0.3) is 6.71 Å². The first-order chi connectivity index (χ1) is 29.1. The van der Waals surface area contributed by atoms with Crippen LogP contribution in [0, 0.1) is 6.92 Å². The Morgan fingerprint density at radius 3 is 1.95 bits per heavy atom. The molecule has 4 heteroatoms. The second-order valence-corrected chi connectivity index (χ2v) is 24.2. The lowest BCUT2D eigenvalue weighted by atomic mass is 9.35. The number of hydrogen-bond donors (Lipinski definition) is 0. The SMILES string of the molecule is Cc1ccc2sc3c(c2c1)N(c1ccc(C(C)(C)C)cc1)c1cc(C(C)(C)C)cc2c1B3c1cc3c4cc1N2c1ccc(C(C)(C)C)cc1-c1cccc(c1)C4(C)CCC3(C)C. The molecule has 11 rings (SSSR count). The van der Waals surface area contributed by atoms with Gasteiger partial charge in [0.2, 0.25) is 0 Å². The van der Waals surface area contributed by atoms with E-state index in [2.05, 4.69) is 209 Å². The predicted octanol–water partition coefficient (Wildman–Crippen LogP) is 14.5. The van der Waals surface area contributed by atoms with Gasteiger partial charge in [0, 0.05) is 48.6 Å². The van der Waals surface area contributed by atoms with Gasteiger partial charge < -0.3 is 9.80 Å². The highest BCUT2D eigenvalue weighted by Gasteiger charge is 2.49. The molecule has 4 bridgehead atoms. The molecule has 1 aliphatic carbocycles. The minimum Gasteiger partial charge on any atom is -0.311 e. The van der Waals surface area contributed by atoms with E-state index in [0.29, 0.717) is 0 Å². The summed E-state index contributed by atoms with van der Waals surface area (Å²) in [6.45, 7) is 31.0. The van der Waals surface area contributed by atoms with E-state index in [4.69, 9.17) is 0 Å². The van der Waals surface area contributed by atoms with Crippen LogP contribution in [0.3, 0.4) is 0 Å². The van der Waals surface area contributed by atoms with Gasteiger partial charge in [-0.2, -0.15) is 0 Å². The molecule has 0 amide bonds. The van der Waals surface area contributed by atoms with Crippen LogP contribution in [0.25, 0.3) is 21.2 Å². The lowest BCUT2D eigenvalue weighted by molar-refractivity contribution is 0.350. The Morgan fingerprint density at radius 2 is 1.26 bits per heavy atom. The van der Waals surface area contributed by atoms with Crippen LogP contribution < -0.4 is 25.5 Å². The lowest BCUT2D eigenvalue weighted by Crippen LogP contribution is -2.61. The predicted molar refractivity (Wildman–Crippen MR) is 271 cm³/mol. The van der Waals surface area contributed by atoms with Crippen molar-refractivity contribution in [1.82, 2.24) is 0 Å². The Morgan fingerprint density at radius 1 is 0.581 bits per heavy atom. The number of fused-ring (bicyclic) bond motifs is 12. The highest BCUT2D eigenvalue weighted by molar-refractivity contribution is 7.33. The number of nitrogens with zero attached hydrogens (tertiary/aromatic N) is 2. The van der Waals surface area contributed by atoms with Crippen molar-refractivity contribution in [2.75, 3.05) is 9.80 Å². The van der Waals surface area contributed by atoms with E-state index in [9.17, 15) is 0 Å². The molecule has 1 atom stereocenters. The summed E-state index contributed by atoms with van der Waals surface area (Å²) in [5, 5.41) is 1.35. The minimum absolute atomic E-state index is 0.000149. The van der Waals surface area contributed by atoms with E-state index in [1.807, 2.05) is 11.3 Å². The van der Waals surface area contributed by atoms with Crippen molar-refractivity contribution in [3.63, 3.8) is 0 Å². The van der Waals surface area contributed by atoms with Gasteiger partial charge >= 0.3 is 0 Å². The molecule has 312 valence electrons. The van der Waals surface area contributed by atoms with E-state index in [1.54, 1.807) is 0 Å². The average Bonchev–Trinajstić information content (AvgIpc) is 3.58. The molecule has 0 radical (unpaired) electrons. The Bertz CT molecular complexity index is 3030. The van der Waals surface area contributed by atoms with Crippen molar-refractivity contribution >= 4 is 78.0 Å². The monoisotopic (exact) mass is 828 g/mol. The fourth-order valence-corrected chi connectivity index (χ4v) is 12.6. The highest BCUT2D eigenvalue weighted by Crippen LogP contribution is 2.56. The smallest absolute Gasteiger partial charge is 0.264 e. The maximum absolute atomic E-state index is 2.71. The summed E-state index contributed by atoms with van der Waals surface area (Å²) < 4.78 is 2.80. The van der Waals surface area contributed by atoms with Gasteiger partial charge in [-0.3, -0.25) is 0 Å². The van der Waals surface area contributed by atoms with E-state index < -0.39 is 0 Å². The summed E-state index contributed by atoms with van der Waals surface area (Å²) >= 11 is 2.01. The highest BCUT2D eigenvalue weighted by atomic mass is 32.1. The van der Waals surface area contributed by atoms with Gasteiger partial charge in [0.1, 0.15) is 0 Å². The molecule has 4 heterocycles. The summed E-state index contributed by atoms with van der Waals surface area (Å²) in [5.74, 6) is 0. The number of anilines is 6. The van der Waals surface area contributed by atoms with E-state index in [0.717, 1.165) is 12.8 Å². The van der Waals surface area contributed by atoms with Crippen LogP contribution in [0.1, 0.15) is 135 Å². The van der Waals surface area contributed by atoms with Gasteiger partial charge in [0.15, 0.2) is 0 Å². The van der Waals surface area contributed by atoms with Crippen LogP contribution in [0.2, 0.25) is 0 Å². The zero-order valence-electron chi connectivity index (χ0n) is 39.2. The molecule has 0 fully saturated rings. The first-order valence-electron chi connectivity index (χ1n) is 23.0. The molecule has 3 aliphatic heterocycles. The summed E-state index contributed by atoms with van der Waals surface area (Å²) in [4.78, 5) is 5.37. The van der Waals surface area contributed by atoms with Crippen LogP contribution in [-0.4, -0.2) is 6.71 Å². The number of benzene rings is 6. The van der Waals surface area contributed by atoms with Crippen molar-refractivity contribution in [1.29, 1.82) is 0 Å². The zero-order valence-corrected chi connectivity index (χ0v) is 40.0. The average molecular weight is 829 g/mol. The molecule has 1 aromatic heterocycles. The van der Waals surface area contributed by atoms with Crippen LogP contribution in [0.15, 0.2) is 109 Å². The Hall–Kier alpha value is -5.06. The van der Waals surface area contributed by atoms with Crippen LogP contribution >= 0.6 is 11.3 Å². The molecule has 0 spiro atoms. The second-order valence-electron chi connectivity index (χ2n) is 23.1. The molecule has 4 aliphatic rings. The molecular weight excluding hydrogens is 768 g/mol. The van der Waals surface area contributed by atoms with Gasteiger partial charge in [-0.1, -0.05) is 143 Å². The van der Waals surface area contributed by atoms with Crippen molar-refractivity contribution in [2.24, 2.45) is 0 Å². The normalized spacial score (nSPS) is 18.4. The number of thiophene rings is 1. The molecule has 6 aromatic carbocycles. The van der Waals surface area contributed by atoms with Gasteiger partial charge in [0.05, 0.1) is 11.4 Å². The Balaban J connectivity index is 1.33. The fraction of sp³-hybridized carbons (Fsp3) is 0.345. The standard InChI is InChI=1S/C58H61BN2S/c1-34-17-24-50-42(27-34)52-53(62-50)59-45-32-43-44-33-47(45)61(49-31-39(56(8,9)10)30-48(51(49)59)60(52)40-21-18-36(19-22-40)54(2,3)4)46-23-20-37(55(5,6)7)29-41(46)35-15-14-16-38(28-35)58(44,13)26-25-57(43,11)12/h14-24,27-33H,25-26H2,1-13H3. The second kappa shape index (κ2) is 12.8. The molecule has 7 aromatic rings. The Labute approximate surface area is 375 Å². The first kappa shape index (κ1) is 39.8. The first-order valence-corrected chi connectivity index (χ1v) is 23.8. The minimum atomic E-state index is -0.123. The summed E-state index contributed by atoms with van der Waals surface area (Å²) in [5.41, 5.74) is 22.8. The molecule has 2 nitrogen and oxygen atoms in total. The van der Waals surface area contributed by atoms with Crippen LogP contribution in [0.4, 0.5) is 34.1 Å². The Kier molecular flexibility index (Phi) is 8.20. The van der Waals surface area contributed by atoms with Gasteiger partial charge in [-0.05, 0) is 146 Å². The van der Waals surface area contributed by atoms with Crippen LogP contribution in [-0.2, 0) is 27.1 Å². The van der Waals surface area contributed by atoms with Crippen molar-refractivity contribution in [3.05, 3.63) is 148 Å². The molecule has 1 unspecified atom stereocenters. The number of rotatable bonds is 1. The lowest BCUT2D eigenvalue weighted by Gasteiger charge is -2.49. The van der Waals surface area contributed by atoms with Gasteiger partial charge in [-0.15, -0.1) is 11.3 Å². The maximum Gasteiger partial charge on any atom is 0.264 e. The third-order valence-electron chi connectivity index (χ3n) is 15.3. The van der Waals surface area contributed by atoms with Gasteiger partial charge in [-0.25, -0.2) is 0 Å². The van der Waals surface area contributed by atoms with Crippen molar-refractivity contribution in [3.8, 4) is 11.1 Å². The van der Waals surface area contributed by atoms with E-state index >= 15 is 0 Å². The summed E-state index contributed by atoms with van der Waals surface area (Å²) in [6, 6.07) is 44.1. The molecule has 0 N–H and O–H groups in total.